The van der Waals surface area contributed by atoms with Gasteiger partial charge in [0.1, 0.15) is 0 Å². The van der Waals surface area contributed by atoms with E-state index >= 15 is 0 Å². The number of hydrogen-bond donors (Lipinski definition) is 1. The van der Waals surface area contributed by atoms with Crippen LogP contribution in [0.1, 0.15) is 12.8 Å². The summed E-state index contributed by atoms with van der Waals surface area (Å²) in [7, 11) is 0. The molecule has 25 heavy (non-hydrogen) atoms. The van der Waals surface area contributed by atoms with Crippen LogP contribution in [0.25, 0.3) is 11.3 Å². The minimum Gasteiger partial charge on any atom is -0.339 e. The van der Waals surface area contributed by atoms with E-state index in [0.717, 1.165) is 11.3 Å². The van der Waals surface area contributed by atoms with E-state index < -0.39 is 0 Å². The van der Waals surface area contributed by atoms with Gasteiger partial charge in [-0.15, -0.1) is 11.3 Å². The van der Waals surface area contributed by atoms with Crippen molar-refractivity contribution in [3.05, 3.63) is 47.3 Å². The second-order valence-electron chi connectivity index (χ2n) is 5.81. The van der Waals surface area contributed by atoms with Crippen LogP contribution in [0, 0.1) is 5.92 Å². The summed E-state index contributed by atoms with van der Waals surface area (Å²) in [5.41, 5.74) is 1.59. The summed E-state index contributed by atoms with van der Waals surface area (Å²) in [5, 5.41) is 5.95. The summed E-state index contributed by atoms with van der Waals surface area (Å²) in [6.45, 7) is 4.64. The van der Waals surface area contributed by atoms with Gasteiger partial charge in [-0.05, 0) is 25.0 Å². The Kier molecular flexibility index (Phi) is 5.50. The van der Waals surface area contributed by atoms with Gasteiger partial charge in [-0.3, -0.25) is 9.59 Å². The largest absolute Gasteiger partial charge is 0.339 e. The maximum absolute atomic E-state index is 12.4. The van der Waals surface area contributed by atoms with Gasteiger partial charge in [0.2, 0.25) is 11.8 Å². The normalized spacial score (nSPS) is 15.0. The number of aromatic nitrogens is 1. The monoisotopic (exact) mass is 375 g/mol. The van der Waals surface area contributed by atoms with Gasteiger partial charge >= 0.3 is 0 Å². The third-order valence-electron chi connectivity index (χ3n) is 4.24. The van der Waals surface area contributed by atoms with Crippen LogP contribution in [0.5, 0.6) is 0 Å². The molecule has 0 atom stereocenters. The van der Waals surface area contributed by atoms with Crippen molar-refractivity contribution in [1.29, 1.82) is 0 Å². The molecule has 0 spiro atoms. The van der Waals surface area contributed by atoms with E-state index in [1.54, 1.807) is 4.90 Å². The van der Waals surface area contributed by atoms with Crippen LogP contribution in [0.3, 0.4) is 0 Å². The second kappa shape index (κ2) is 7.80. The fourth-order valence-corrected chi connectivity index (χ4v) is 3.77. The van der Waals surface area contributed by atoms with Crippen LogP contribution >= 0.6 is 22.9 Å². The molecule has 1 N–H and O–H groups in total. The first-order valence-electron chi connectivity index (χ1n) is 8.01. The Balaban J connectivity index is 1.60. The maximum atomic E-state index is 12.4. The van der Waals surface area contributed by atoms with Crippen molar-refractivity contribution in [2.45, 2.75) is 12.8 Å². The van der Waals surface area contributed by atoms with Crippen molar-refractivity contribution in [1.82, 2.24) is 9.88 Å². The number of amides is 2. The van der Waals surface area contributed by atoms with E-state index in [4.69, 9.17) is 11.6 Å². The number of nitrogens with zero attached hydrogens (tertiary/aromatic N) is 2. The average Bonchev–Trinajstić information content (AvgIpc) is 3.09. The number of thiazole rings is 1. The Hall–Kier alpha value is -2.18. The number of halogens is 1. The van der Waals surface area contributed by atoms with Crippen LogP contribution < -0.4 is 5.32 Å². The molecule has 1 saturated heterocycles. The lowest BCUT2D eigenvalue weighted by Gasteiger charge is -2.30. The number of anilines is 1. The van der Waals surface area contributed by atoms with E-state index in [1.807, 2.05) is 29.6 Å². The van der Waals surface area contributed by atoms with E-state index in [2.05, 4.69) is 16.9 Å². The molecule has 2 heterocycles. The van der Waals surface area contributed by atoms with Crippen LogP contribution in [-0.2, 0) is 9.59 Å². The fourth-order valence-electron chi connectivity index (χ4n) is 2.82. The van der Waals surface area contributed by atoms with Crippen molar-refractivity contribution in [2.24, 2.45) is 5.92 Å². The molecule has 0 radical (unpaired) electrons. The highest BCUT2D eigenvalue weighted by Crippen LogP contribution is 2.30. The molecule has 7 heteroatoms. The van der Waals surface area contributed by atoms with E-state index in [0.29, 0.717) is 36.1 Å². The molecule has 5 nitrogen and oxygen atoms in total. The highest BCUT2D eigenvalue weighted by molar-refractivity contribution is 7.14. The van der Waals surface area contributed by atoms with Gasteiger partial charge in [0.05, 0.1) is 5.69 Å². The smallest absolute Gasteiger partial charge is 0.245 e. The molecule has 1 aliphatic heterocycles. The zero-order valence-electron chi connectivity index (χ0n) is 13.6. The minimum atomic E-state index is -0.110. The molecular weight excluding hydrogens is 358 g/mol. The SMILES string of the molecule is C=CC(=O)N1CCC(C(=O)Nc2nc(-c3ccccc3Cl)cs2)CC1. The van der Waals surface area contributed by atoms with Crippen molar-refractivity contribution in [2.75, 3.05) is 18.4 Å². The molecule has 1 aromatic heterocycles. The number of nitrogens with one attached hydrogen (secondary N) is 1. The molecule has 0 unspecified atom stereocenters. The zero-order chi connectivity index (χ0) is 17.8. The number of rotatable bonds is 4. The number of likely N-dealkylation sites (tertiary alicyclic amines) is 1. The highest BCUT2D eigenvalue weighted by atomic mass is 35.5. The molecule has 2 aromatic rings. The van der Waals surface area contributed by atoms with Gasteiger partial charge < -0.3 is 10.2 Å². The summed E-state index contributed by atoms with van der Waals surface area (Å²) in [6.07, 6.45) is 2.61. The minimum absolute atomic E-state index is 0.0502. The number of carbonyl (C=O) groups excluding carboxylic acids is 2. The molecule has 3 rings (SSSR count). The van der Waals surface area contributed by atoms with E-state index in [9.17, 15) is 9.59 Å². The summed E-state index contributed by atoms with van der Waals surface area (Å²) >= 11 is 7.56. The lowest BCUT2D eigenvalue weighted by atomic mass is 9.96. The van der Waals surface area contributed by atoms with Crippen molar-refractivity contribution in [3.8, 4) is 11.3 Å². The van der Waals surface area contributed by atoms with Gasteiger partial charge in [0, 0.05) is 35.0 Å². The molecule has 1 fully saturated rings. The van der Waals surface area contributed by atoms with Gasteiger partial charge in [-0.1, -0.05) is 36.4 Å². The average molecular weight is 376 g/mol. The predicted molar refractivity (Wildman–Crippen MR) is 101 cm³/mol. The Morgan fingerprint density at radius 1 is 1.32 bits per heavy atom. The van der Waals surface area contributed by atoms with Crippen LogP contribution in [0.2, 0.25) is 5.02 Å². The lowest BCUT2D eigenvalue weighted by Crippen LogP contribution is -2.40. The molecule has 2 amide bonds. The van der Waals surface area contributed by atoms with Crippen LogP contribution in [0.15, 0.2) is 42.3 Å². The number of hydrogen-bond acceptors (Lipinski definition) is 4. The predicted octanol–water partition coefficient (Wildman–Crippen LogP) is 3.83. The summed E-state index contributed by atoms with van der Waals surface area (Å²) in [6, 6.07) is 7.48. The number of benzene rings is 1. The number of piperidine rings is 1. The quantitative estimate of drug-likeness (QED) is 0.826. The lowest BCUT2D eigenvalue weighted by molar-refractivity contribution is -0.130. The topological polar surface area (TPSA) is 62.3 Å². The van der Waals surface area contributed by atoms with Crippen LogP contribution in [0.4, 0.5) is 5.13 Å². The van der Waals surface area contributed by atoms with Crippen LogP contribution in [-0.4, -0.2) is 34.8 Å². The van der Waals surface area contributed by atoms with E-state index in [-0.39, 0.29) is 17.7 Å². The van der Waals surface area contributed by atoms with Gasteiger partial charge in [-0.2, -0.15) is 0 Å². The first-order chi connectivity index (χ1) is 12.1. The van der Waals surface area contributed by atoms with Gasteiger partial charge in [0.25, 0.3) is 0 Å². The van der Waals surface area contributed by atoms with Gasteiger partial charge in [-0.25, -0.2) is 4.98 Å². The third-order valence-corrected chi connectivity index (χ3v) is 5.32. The molecule has 1 aliphatic rings. The molecule has 130 valence electrons. The first kappa shape index (κ1) is 17.6. The molecule has 0 bridgehead atoms. The summed E-state index contributed by atoms with van der Waals surface area (Å²) in [5.74, 6) is -0.240. The highest BCUT2D eigenvalue weighted by Gasteiger charge is 2.27. The van der Waals surface area contributed by atoms with Crippen molar-refractivity contribution >= 4 is 39.9 Å². The summed E-state index contributed by atoms with van der Waals surface area (Å²) < 4.78 is 0. The Labute approximate surface area is 155 Å². The second-order valence-corrected chi connectivity index (χ2v) is 7.08. The Morgan fingerprint density at radius 3 is 2.72 bits per heavy atom. The van der Waals surface area contributed by atoms with Crippen molar-refractivity contribution < 1.29 is 9.59 Å². The number of carbonyl (C=O) groups is 2. The van der Waals surface area contributed by atoms with Gasteiger partial charge in [0.15, 0.2) is 5.13 Å². The standard InChI is InChI=1S/C18H18ClN3O2S/c1-2-16(23)22-9-7-12(8-10-22)17(24)21-18-20-15(11-25-18)13-5-3-4-6-14(13)19/h2-6,11-12H,1,7-10H2,(H,20,21,24). The molecule has 0 aliphatic carbocycles. The Bertz CT molecular complexity index is 797. The molecule has 1 aromatic carbocycles. The summed E-state index contributed by atoms with van der Waals surface area (Å²) in [4.78, 5) is 30.2. The Morgan fingerprint density at radius 2 is 2.04 bits per heavy atom. The molecule has 0 saturated carbocycles. The first-order valence-corrected chi connectivity index (χ1v) is 9.27. The zero-order valence-corrected chi connectivity index (χ0v) is 15.1. The molecular formula is C18H18ClN3O2S. The van der Waals surface area contributed by atoms with Crippen molar-refractivity contribution in [3.63, 3.8) is 0 Å². The maximum Gasteiger partial charge on any atom is 0.245 e. The fraction of sp³-hybridized carbons (Fsp3) is 0.278. The third kappa shape index (κ3) is 4.08. The van der Waals surface area contributed by atoms with E-state index in [1.165, 1.54) is 17.4 Å².